The van der Waals surface area contributed by atoms with Crippen LogP contribution >= 0.6 is 11.9 Å². The predicted molar refractivity (Wildman–Crippen MR) is 143 cm³/mol. The Balaban J connectivity index is 1.57. The molecule has 1 heterocycles. The first-order valence-corrected chi connectivity index (χ1v) is 15.1. The number of carbonyl (C=O) groups excluding carboxylic acids is 1. The van der Waals surface area contributed by atoms with Gasteiger partial charge in [0.15, 0.2) is 0 Å². The van der Waals surface area contributed by atoms with Crippen molar-refractivity contribution in [1.82, 2.24) is 14.9 Å². The molecule has 1 saturated carbocycles. The maximum atomic E-state index is 12.4. The number of rotatable bonds is 11. The van der Waals surface area contributed by atoms with E-state index in [-0.39, 0.29) is 17.7 Å². The van der Waals surface area contributed by atoms with E-state index in [0.29, 0.717) is 12.3 Å². The Bertz CT molecular complexity index is 541. The van der Waals surface area contributed by atoms with Crippen molar-refractivity contribution in [1.29, 1.82) is 0 Å². The van der Waals surface area contributed by atoms with Crippen LogP contribution in [0.15, 0.2) is 0 Å². The van der Waals surface area contributed by atoms with Gasteiger partial charge in [-0.15, -0.1) is 0 Å². The fraction of sp³-hybridized carbons (Fsp3) is 0.926. The molecule has 0 bridgehead atoms. The number of carbonyl (C=O) groups is 2. The first kappa shape index (κ1) is 29.4. The van der Waals surface area contributed by atoms with E-state index in [1.165, 1.54) is 77.0 Å². The smallest absolute Gasteiger partial charge is 0.303 e. The quantitative estimate of drug-likeness (QED) is 0.249. The third-order valence-electron chi connectivity index (χ3n) is 7.49. The van der Waals surface area contributed by atoms with Gasteiger partial charge in [-0.05, 0) is 44.1 Å². The number of nitrogens with one attached hydrogen (secondary N) is 2. The van der Waals surface area contributed by atoms with Crippen LogP contribution < -0.4 is 10.6 Å². The van der Waals surface area contributed by atoms with Gasteiger partial charge in [-0.2, -0.15) is 0 Å². The molecule has 2 rings (SSSR count). The maximum Gasteiger partial charge on any atom is 0.303 e. The third-order valence-corrected chi connectivity index (χ3v) is 8.61. The van der Waals surface area contributed by atoms with Gasteiger partial charge in [-0.1, -0.05) is 89.0 Å². The van der Waals surface area contributed by atoms with E-state index in [0.717, 1.165) is 58.3 Å². The lowest BCUT2D eigenvalue weighted by Gasteiger charge is -2.36. The topological polar surface area (TPSA) is 81.7 Å². The van der Waals surface area contributed by atoms with Crippen LogP contribution in [0.5, 0.6) is 0 Å². The Morgan fingerprint density at radius 2 is 1.29 bits per heavy atom. The molecule has 1 amide bonds. The van der Waals surface area contributed by atoms with Crippen molar-refractivity contribution in [2.24, 2.45) is 5.41 Å². The van der Waals surface area contributed by atoms with E-state index < -0.39 is 5.97 Å². The summed E-state index contributed by atoms with van der Waals surface area (Å²) in [5.74, 6) is -0.0505. The zero-order chi connectivity index (χ0) is 24.3. The molecule has 1 aliphatic carbocycles. The standard InChI is InChI=1S/C27H51N3O3S/c31-25(23-34-30-20-13-8-6-4-2-1-3-5-7-9-14-21-30)29-19-15-18-28-24-27(22-26(32)33)16-11-10-12-17-27/h28H,1-24H2,(H,29,31)(H,32,33). The number of carboxylic acids is 1. The lowest BCUT2D eigenvalue weighted by Crippen LogP contribution is -2.39. The number of carboxylic acid groups (broad SMARTS) is 1. The molecule has 0 spiro atoms. The van der Waals surface area contributed by atoms with Gasteiger partial charge in [0.25, 0.3) is 0 Å². The Morgan fingerprint density at radius 3 is 1.85 bits per heavy atom. The van der Waals surface area contributed by atoms with Gasteiger partial charge in [0, 0.05) is 26.2 Å². The highest BCUT2D eigenvalue weighted by Gasteiger charge is 2.33. The summed E-state index contributed by atoms with van der Waals surface area (Å²) in [6.45, 7) is 4.47. The van der Waals surface area contributed by atoms with E-state index in [2.05, 4.69) is 14.9 Å². The van der Waals surface area contributed by atoms with Crippen LogP contribution in [0.25, 0.3) is 0 Å². The normalized spacial score (nSPS) is 21.4. The molecule has 2 aliphatic rings. The second-order valence-corrected chi connectivity index (χ2v) is 11.7. The monoisotopic (exact) mass is 497 g/mol. The van der Waals surface area contributed by atoms with E-state index in [1.807, 2.05) is 0 Å². The summed E-state index contributed by atoms with van der Waals surface area (Å²) in [5, 5.41) is 15.8. The van der Waals surface area contributed by atoms with Crippen molar-refractivity contribution in [2.75, 3.05) is 38.5 Å². The molecule has 0 radical (unpaired) electrons. The molecular formula is C27H51N3O3S. The number of hydrogen-bond donors (Lipinski definition) is 3. The molecule has 0 aromatic rings. The van der Waals surface area contributed by atoms with Gasteiger partial charge < -0.3 is 15.7 Å². The molecule has 7 heteroatoms. The molecule has 3 N–H and O–H groups in total. The zero-order valence-electron chi connectivity index (χ0n) is 21.6. The van der Waals surface area contributed by atoms with Crippen molar-refractivity contribution < 1.29 is 14.7 Å². The van der Waals surface area contributed by atoms with Crippen molar-refractivity contribution in [3.05, 3.63) is 0 Å². The van der Waals surface area contributed by atoms with Gasteiger partial charge in [-0.3, -0.25) is 13.9 Å². The number of nitrogens with zero attached hydrogens (tertiary/aromatic N) is 1. The lowest BCUT2D eigenvalue weighted by atomic mass is 9.71. The molecule has 0 unspecified atom stereocenters. The minimum absolute atomic E-state index is 0.0790. The van der Waals surface area contributed by atoms with Crippen LogP contribution in [-0.2, 0) is 9.59 Å². The summed E-state index contributed by atoms with van der Waals surface area (Å²) in [7, 11) is 0. The summed E-state index contributed by atoms with van der Waals surface area (Å²) in [5.41, 5.74) is -0.0790. The molecular weight excluding hydrogens is 446 g/mol. The van der Waals surface area contributed by atoms with E-state index in [9.17, 15) is 14.7 Å². The molecule has 1 aliphatic heterocycles. The predicted octanol–water partition coefficient (Wildman–Crippen LogP) is 5.76. The third kappa shape index (κ3) is 13.9. The molecule has 34 heavy (non-hydrogen) atoms. The molecule has 1 saturated heterocycles. The Labute approximate surface area is 212 Å². The minimum atomic E-state index is -0.684. The van der Waals surface area contributed by atoms with Gasteiger partial charge in [0.05, 0.1) is 12.2 Å². The maximum absolute atomic E-state index is 12.4. The zero-order valence-corrected chi connectivity index (χ0v) is 22.4. The minimum Gasteiger partial charge on any atom is -0.481 e. The van der Waals surface area contributed by atoms with Crippen LogP contribution in [0.2, 0.25) is 0 Å². The van der Waals surface area contributed by atoms with E-state index in [1.54, 1.807) is 11.9 Å². The first-order valence-electron chi connectivity index (χ1n) is 14.2. The highest BCUT2D eigenvalue weighted by Crippen LogP contribution is 2.38. The van der Waals surface area contributed by atoms with Gasteiger partial charge in [0.2, 0.25) is 5.91 Å². The van der Waals surface area contributed by atoms with Crippen molar-refractivity contribution in [2.45, 2.75) is 116 Å². The SMILES string of the molecule is O=C(O)CC1(CNCCCNC(=O)CSN2CCCCCCCCCCCCC2)CCCCC1. The van der Waals surface area contributed by atoms with Crippen LogP contribution in [0.1, 0.15) is 116 Å². The number of amides is 1. The fourth-order valence-electron chi connectivity index (χ4n) is 5.44. The second-order valence-electron chi connectivity index (χ2n) is 10.6. The van der Waals surface area contributed by atoms with E-state index >= 15 is 0 Å². The van der Waals surface area contributed by atoms with Gasteiger partial charge in [-0.25, -0.2) is 0 Å². The van der Waals surface area contributed by atoms with Crippen LogP contribution in [0.4, 0.5) is 0 Å². The first-order chi connectivity index (χ1) is 16.6. The number of hydrogen-bond acceptors (Lipinski definition) is 5. The lowest BCUT2D eigenvalue weighted by molar-refractivity contribution is -0.140. The second kappa shape index (κ2) is 18.5. The molecule has 2 fully saturated rings. The van der Waals surface area contributed by atoms with Crippen LogP contribution in [0, 0.1) is 5.41 Å². The molecule has 0 aromatic heterocycles. The average Bonchev–Trinajstić information content (AvgIpc) is 2.82. The summed E-state index contributed by atoms with van der Waals surface area (Å²) < 4.78 is 2.43. The molecule has 0 atom stereocenters. The average molecular weight is 498 g/mol. The molecule has 0 aromatic carbocycles. The summed E-state index contributed by atoms with van der Waals surface area (Å²) in [4.78, 5) is 23.7. The van der Waals surface area contributed by atoms with Gasteiger partial charge >= 0.3 is 5.97 Å². The molecule has 198 valence electrons. The van der Waals surface area contributed by atoms with Crippen molar-refractivity contribution >= 4 is 23.8 Å². The molecule has 6 nitrogen and oxygen atoms in total. The summed E-state index contributed by atoms with van der Waals surface area (Å²) in [6, 6.07) is 0. The van der Waals surface area contributed by atoms with Crippen molar-refractivity contribution in [3.8, 4) is 0 Å². The highest BCUT2D eigenvalue weighted by molar-refractivity contribution is 7.97. The number of aliphatic carboxylic acids is 1. The van der Waals surface area contributed by atoms with E-state index in [4.69, 9.17) is 0 Å². The van der Waals surface area contributed by atoms with Crippen LogP contribution in [-0.4, -0.2) is 59.8 Å². The fourth-order valence-corrected chi connectivity index (χ4v) is 6.36. The van der Waals surface area contributed by atoms with Crippen molar-refractivity contribution in [3.63, 3.8) is 0 Å². The Kier molecular flexibility index (Phi) is 16.0. The van der Waals surface area contributed by atoms with Crippen LogP contribution in [0.3, 0.4) is 0 Å². The largest absolute Gasteiger partial charge is 0.481 e. The summed E-state index contributed by atoms with van der Waals surface area (Å²) >= 11 is 1.71. The Morgan fingerprint density at radius 1 is 0.765 bits per heavy atom. The van der Waals surface area contributed by atoms with Gasteiger partial charge in [0.1, 0.15) is 0 Å². The summed E-state index contributed by atoms with van der Waals surface area (Å²) in [6.07, 6.45) is 21.4. The highest BCUT2D eigenvalue weighted by atomic mass is 32.2. The Hall–Kier alpha value is -0.790.